The summed E-state index contributed by atoms with van der Waals surface area (Å²) in [6.07, 6.45) is 0.497. The Morgan fingerprint density at radius 2 is 1.93 bits per heavy atom. The third kappa shape index (κ3) is 8.24. The Bertz CT molecular complexity index is 1530. The molecule has 4 aromatic rings. The van der Waals surface area contributed by atoms with Crippen molar-refractivity contribution in [1.29, 1.82) is 0 Å². The monoisotopic (exact) mass is 565 g/mol. The van der Waals surface area contributed by atoms with E-state index >= 15 is 0 Å². The van der Waals surface area contributed by atoms with Gasteiger partial charge in [0, 0.05) is 31.0 Å². The Balaban J connectivity index is 1.45. The maximum atomic E-state index is 13.8. The van der Waals surface area contributed by atoms with Crippen LogP contribution in [0.5, 0.6) is 17.2 Å². The van der Waals surface area contributed by atoms with Crippen LogP contribution in [0.1, 0.15) is 32.3 Å². The van der Waals surface area contributed by atoms with E-state index in [1.54, 1.807) is 32.0 Å². The minimum absolute atomic E-state index is 0.0132. The van der Waals surface area contributed by atoms with Gasteiger partial charge in [-0.05, 0) is 62.7 Å². The number of amides is 1. The standard InChI is InChI=1S/C30H33F2N5O4/c1-5-12-30(31,32)41-23-8-6-7-22(17-23)40-25-10-9-21(16-20(25)2)36-28-27-24(34-19-35-28)11-14-37(27)15-13-33-26(38)18-29(3,4)39/h5-11,14,16-17,19,39H,1,12-13,15,18H2,2-4H3,(H,33,38)(H,34,35,36). The maximum absolute atomic E-state index is 13.8. The van der Waals surface area contributed by atoms with Crippen molar-refractivity contribution in [2.45, 2.75) is 51.9 Å². The highest BCUT2D eigenvalue weighted by molar-refractivity contribution is 5.88. The molecule has 1 amide bonds. The molecular formula is C30H33F2N5O4. The second-order valence-corrected chi connectivity index (χ2v) is 10.2. The lowest BCUT2D eigenvalue weighted by atomic mass is 10.1. The van der Waals surface area contributed by atoms with Gasteiger partial charge in [0.25, 0.3) is 0 Å². The van der Waals surface area contributed by atoms with Gasteiger partial charge in [0.15, 0.2) is 5.82 Å². The van der Waals surface area contributed by atoms with Crippen molar-refractivity contribution in [2.75, 3.05) is 11.9 Å². The van der Waals surface area contributed by atoms with Gasteiger partial charge in [0.1, 0.15) is 29.1 Å². The minimum atomic E-state index is -3.36. The van der Waals surface area contributed by atoms with Crippen LogP contribution in [0.3, 0.4) is 0 Å². The van der Waals surface area contributed by atoms with Crippen LogP contribution in [0.2, 0.25) is 0 Å². The zero-order valence-corrected chi connectivity index (χ0v) is 23.2. The lowest BCUT2D eigenvalue weighted by Gasteiger charge is -2.17. The summed E-state index contributed by atoms with van der Waals surface area (Å²) < 4.78 is 40.3. The largest absolute Gasteiger partial charge is 0.457 e. The van der Waals surface area contributed by atoms with Crippen molar-refractivity contribution in [1.82, 2.24) is 19.9 Å². The van der Waals surface area contributed by atoms with Crippen LogP contribution in [0.15, 0.2) is 73.7 Å². The molecule has 9 nitrogen and oxygen atoms in total. The molecule has 0 saturated carbocycles. The number of halogens is 2. The number of nitrogens with zero attached hydrogens (tertiary/aromatic N) is 3. The van der Waals surface area contributed by atoms with Crippen LogP contribution < -0.4 is 20.1 Å². The Morgan fingerprint density at radius 1 is 1.15 bits per heavy atom. The van der Waals surface area contributed by atoms with Gasteiger partial charge in [0.05, 0.1) is 24.0 Å². The Kier molecular flexibility index (Phi) is 8.87. The SMILES string of the molecule is C=CCC(F)(F)Oc1cccc(Oc2ccc(Nc3ncnc4ccn(CCNC(=O)CC(C)(C)O)c34)cc2C)c1. The van der Waals surface area contributed by atoms with Crippen molar-refractivity contribution in [3.05, 3.63) is 79.3 Å². The van der Waals surface area contributed by atoms with Gasteiger partial charge >= 0.3 is 6.11 Å². The number of ether oxygens (including phenoxy) is 2. The van der Waals surface area contributed by atoms with E-state index in [2.05, 4.69) is 27.2 Å². The van der Waals surface area contributed by atoms with E-state index in [9.17, 15) is 18.7 Å². The number of hydrogen-bond donors (Lipinski definition) is 3. The molecule has 4 rings (SSSR count). The number of carbonyl (C=O) groups excluding carboxylic acids is 1. The number of anilines is 2. The number of fused-ring (bicyclic) bond motifs is 1. The first-order valence-electron chi connectivity index (χ1n) is 13.0. The van der Waals surface area contributed by atoms with E-state index < -0.39 is 18.1 Å². The van der Waals surface area contributed by atoms with Crippen LogP contribution in [0.25, 0.3) is 11.0 Å². The predicted octanol–water partition coefficient (Wildman–Crippen LogP) is 6.10. The fraction of sp³-hybridized carbons (Fsp3) is 0.300. The Hall–Kier alpha value is -4.51. The lowest BCUT2D eigenvalue weighted by molar-refractivity contribution is -0.172. The van der Waals surface area contributed by atoms with Crippen molar-refractivity contribution in [2.24, 2.45) is 0 Å². The summed E-state index contributed by atoms with van der Waals surface area (Å²) in [4.78, 5) is 20.8. The van der Waals surface area contributed by atoms with E-state index in [0.717, 1.165) is 28.4 Å². The fourth-order valence-electron chi connectivity index (χ4n) is 4.17. The molecule has 2 heterocycles. The second-order valence-electron chi connectivity index (χ2n) is 10.2. The lowest BCUT2D eigenvalue weighted by Crippen LogP contribution is -2.33. The van der Waals surface area contributed by atoms with E-state index in [1.165, 1.54) is 18.5 Å². The number of benzene rings is 2. The van der Waals surface area contributed by atoms with Gasteiger partial charge in [-0.2, -0.15) is 8.78 Å². The first kappa shape index (κ1) is 29.5. The zero-order valence-electron chi connectivity index (χ0n) is 23.2. The summed E-state index contributed by atoms with van der Waals surface area (Å²) in [5, 5.41) is 16.0. The summed E-state index contributed by atoms with van der Waals surface area (Å²) >= 11 is 0. The quantitative estimate of drug-likeness (QED) is 0.168. The molecular weight excluding hydrogens is 532 g/mol. The molecule has 3 N–H and O–H groups in total. The Labute approximate surface area is 236 Å². The molecule has 216 valence electrons. The van der Waals surface area contributed by atoms with Gasteiger partial charge < -0.3 is 29.8 Å². The molecule has 0 radical (unpaired) electrons. The highest BCUT2D eigenvalue weighted by atomic mass is 19.3. The third-order valence-corrected chi connectivity index (χ3v) is 5.94. The third-order valence-electron chi connectivity index (χ3n) is 5.94. The van der Waals surface area contributed by atoms with Crippen molar-refractivity contribution < 1.29 is 28.2 Å². The molecule has 0 fully saturated rings. The smallest absolute Gasteiger partial charge is 0.401 e. The number of carbonyl (C=O) groups is 1. The fourth-order valence-corrected chi connectivity index (χ4v) is 4.17. The molecule has 0 aliphatic carbocycles. The molecule has 0 aliphatic rings. The highest BCUT2D eigenvalue weighted by Gasteiger charge is 2.29. The number of rotatable bonds is 13. The highest BCUT2D eigenvalue weighted by Crippen LogP contribution is 2.33. The molecule has 0 aliphatic heterocycles. The zero-order chi connectivity index (χ0) is 29.6. The van der Waals surface area contributed by atoms with Crippen LogP contribution in [0, 0.1) is 6.92 Å². The summed E-state index contributed by atoms with van der Waals surface area (Å²) in [5.74, 6) is 1.24. The number of hydrogen-bond acceptors (Lipinski definition) is 7. The van der Waals surface area contributed by atoms with Crippen LogP contribution >= 0.6 is 0 Å². The summed E-state index contributed by atoms with van der Waals surface area (Å²) in [5.41, 5.74) is 1.99. The number of alkyl halides is 2. The normalized spacial score (nSPS) is 11.8. The van der Waals surface area contributed by atoms with Crippen LogP contribution in [0.4, 0.5) is 20.3 Å². The molecule has 2 aromatic carbocycles. The molecule has 0 unspecified atom stereocenters. The van der Waals surface area contributed by atoms with E-state index in [4.69, 9.17) is 9.47 Å². The molecule has 2 aromatic heterocycles. The Morgan fingerprint density at radius 3 is 2.66 bits per heavy atom. The summed E-state index contributed by atoms with van der Waals surface area (Å²) in [6.45, 7) is 9.23. The van der Waals surface area contributed by atoms with Crippen molar-refractivity contribution in [3.8, 4) is 17.2 Å². The van der Waals surface area contributed by atoms with Gasteiger partial charge in [-0.25, -0.2) is 9.97 Å². The number of aromatic nitrogens is 3. The molecule has 11 heteroatoms. The number of aliphatic hydroxyl groups is 1. The molecule has 41 heavy (non-hydrogen) atoms. The summed E-state index contributed by atoms with van der Waals surface area (Å²) in [7, 11) is 0. The van der Waals surface area contributed by atoms with Crippen LogP contribution in [-0.4, -0.2) is 43.8 Å². The number of aryl methyl sites for hydroxylation is 1. The topological polar surface area (TPSA) is 111 Å². The molecule has 0 spiro atoms. The van der Waals surface area contributed by atoms with Crippen molar-refractivity contribution in [3.63, 3.8) is 0 Å². The maximum Gasteiger partial charge on any atom is 0.401 e. The molecule has 0 saturated heterocycles. The minimum Gasteiger partial charge on any atom is -0.457 e. The molecule has 0 bridgehead atoms. The average Bonchev–Trinajstić information content (AvgIpc) is 3.28. The summed E-state index contributed by atoms with van der Waals surface area (Å²) in [6, 6.07) is 13.4. The first-order chi connectivity index (χ1) is 19.4. The van der Waals surface area contributed by atoms with Gasteiger partial charge in [-0.15, -0.1) is 6.58 Å². The number of nitrogens with one attached hydrogen (secondary N) is 2. The van der Waals surface area contributed by atoms with E-state index in [0.29, 0.717) is 30.4 Å². The van der Waals surface area contributed by atoms with Crippen LogP contribution in [-0.2, 0) is 11.3 Å². The van der Waals surface area contributed by atoms with Gasteiger partial charge in [-0.1, -0.05) is 12.1 Å². The first-order valence-corrected chi connectivity index (χ1v) is 13.0. The van der Waals surface area contributed by atoms with E-state index in [1.807, 2.05) is 35.9 Å². The van der Waals surface area contributed by atoms with Crippen molar-refractivity contribution >= 4 is 28.4 Å². The van der Waals surface area contributed by atoms with Gasteiger partial charge in [0.2, 0.25) is 5.91 Å². The van der Waals surface area contributed by atoms with Gasteiger partial charge in [-0.3, -0.25) is 4.79 Å². The van der Waals surface area contributed by atoms with E-state index in [-0.39, 0.29) is 18.1 Å². The average molecular weight is 566 g/mol. The predicted molar refractivity (Wildman–Crippen MR) is 153 cm³/mol. The molecule has 0 atom stereocenters. The second kappa shape index (κ2) is 12.3.